The van der Waals surface area contributed by atoms with Crippen LogP contribution in [0.25, 0.3) is 10.8 Å². The van der Waals surface area contributed by atoms with E-state index in [1.54, 1.807) is 24.3 Å². The summed E-state index contributed by atoms with van der Waals surface area (Å²) in [4.78, 5) is 26.1. The third kappa shape index (κ3) is 1.89. The van der Waals surface area contributed by atoms with Crippen LogP contribution >= 0.6 is 0 Å². The van der Waals surface area contributed by atoms with Crippen LogP contribution in [-0.2, 0) is 4.79 Å². The maximum absolute atomic E-state index is 11.7. The van der Waals surface area contributed by atoms with Crippen LogP contribution < -0.4 is 5.73 Å². The average molecular weight is 246 g/mol. The summed E-state index contributed by atoms with van der Waals surface area (Å²) in [6.07, 6.45) is 1.39. The Morgan fingerprint density at radius 2 is 1.94 bits per heavy atom. The van der Waals surface area contributed by atoms with Gasteiger partial charge < -0.3 is 15.9 Å². The second kappa shape index (κ2) is 4.42. The van der Waals surface area contributed by atoms with Crippen LogP contribution in [0.15, 0.2) is 30.5 Å². The zero-order valence-electron chi connectivity index (χ0n) is 9.20. The molecule has 18 heavy (non-hydrogen) atoms. The van der Waals surface area contributed by atoms with Gasteiger partial charge in [0.05, 0.1) is 0 Å². The molecule has 0 saturated heterocycles. The molecule has 0 aliphatic carbocycles. The van der Waals surface area contributed by atoms with Gasteiger partial charge >= 0.3 is 5.97 Å². The third-order valence-corrected chi connectivity index (χ3v) is 2.55. The van der Waals surface area contributed by atoms with E-state index in [4.69, 9.17) is 10.8 Å². The first kappa shape index (κ1) is 12.0. The van der Waals surface area contributed by atoms with Crippen LogP contribution in [0.2, 0.25) is 0 Å². The van der Waals surface area contributed by atoms with Gasteiger partial charge in [-0.25, -0.2) is 4.98 Å². The fraction of sp³-hybridized carbons (Fsp3) is 0.0833. The second-order valence-corrected chi connectivity index (χ2v) is 3.72. The highest BCUT2D eigenvalue weighted by Gasteiger charge is 2.27. The first-order valence-corrected chi connectivity index (χ1v) is 5.11. The summed E-state index contributed by atoms with van der Waals surface area (Å²) in [5, 5.41) is 19.7. The lowest BCUT2D eigenvalue weighted by atomic mass is 10.1. The average Bonchev–Trinajstić information content (AvgIpc) is 2.37. The van der Waals surface area contributed by atoms with Crippen LogP contribution in [0.5, 0.6) is 5.75 Å². The molecule has 1 heterocycles. The number of fused-ring (bicyclic) bond motifs is 1. The van der Waals surface area contributed by atoms with E-state index in [9.17, 15) is 14.7 Å². The largest absolute Gasteiger partial charge is 0.505 e. The summed E-state index contributed by atoms with van der Waals surface area (Å²) in [5.74, 6) is -2.74. The summed E-state index contributed by atoms with van der Waals surface area (Å²) in [6.45, 7) is 0. The molecule has 0 amide bonds. The lowest BCUT2D eigenvalue weighted by Crippen LogP contribution is -2.38. The van der Waals surface area contributed by atoms with Gasteiger partial charge in [-0.15, -0.1) is 0 Å². The number of nitrogens with two attached hydrogens (primary N) is 1. The Morgan fingerprint density at radius 1 is 1.28 bits per heavy atom. The van der Waals surface area contributed by atoms with E-state index in [0.29, 0.717) is 10.8 Å². The number of Topliss-reactive ketones (excluding diaryl/α,β-unsaturated/α-hetero) is 1. The van der Waals surface area contributed by atoms with Crippen molar-refractivity contribution in [1.82, 2.24) is 4.98 Å². The van der Waals surface area contributed by atoms with E-state index < -0.39 is 17.8 Å². The van der Waals surface area contributed by atoms with Gasteiger partial charge in [-0.2, -0.15) is 0 Å². The van der Waals surface area contributed by atoms with Gasteiger partial charge in [0.25, 0.3) is 0 Å². The minimum absolute atomic E-state index is 0.330. The molecular weight excluding hydrogens is 236 g/mol. The number of ketones is 1. The van der Waals surface area contributed by atoms with E-state index in [0.717, 1.165) is 0 Å². The minimum atomic E-state index is -1.73. The Labute approximate surface area is 102 Å². The number of carboxylic acid groups (broad SMARTS) is 1. The number of rotatable bonds is 3. The van der Waals surface area contributed by atoms with Gasteiger partial charge in [-0.1, -0.05) is 24.3 Å². The van der Waals surface area contributed by atoms with Crippen molar-refractivity contribution in [1.29, 1.82) is 0 Å². The van der Waals surface area contributed by atoms with Crippen molar-refractivity contribution in [2.45, 2.75) is 6.04 Å². The fourth-order valence-electron chi connectivity index (χ4n) is 1.59. The number of hydrogen-bond acceptors (Lipinski definition) is 5. The minimum Gasteiger partial charge on any atom is -0.505 e. The Kier molecular flexibility index (Phi) is 2.95. The number of carbonyl (C=O) groups is 2. The van der Waals surface area contributed by atoms with E-state index in [-0.39, 0.29) is 11.4 Å². The molecule has 4 N–H and O–H groups in total. The number of pyridine rings is 1. The van der Waals surface area contributed by atoms with E-state index in [2.05, 4.69) is 4.98 Å². The molecule has 1 atom stereocenters. The first-order valence-electron chi connectivity index (χ1n) is 5.11. The van der Waals surface area contributed by atoms with Crippen molar-refractivity contribution in [2.24, 2.45) is 5.73 Å². The highest BCUT2D eigenvalue weighted by atomic mass is 16.4. The summed E-state index contributed by atoms with van der Waals surface area (Å²) < 4.78 is 0. The first-order chi connectivity index (χ1) is 8.52. The molecule has 2 rings (SSSR count). The molecule has 0 aliphatic rings. The quantitative estimate of drug-likeness (QED) is 0.538. The lowest BCUT2D eigenvalue weighted by molar-refractivity contribution is -0.137. The Morgan fingerprint density at radius 3 is 2.61 bits per heavy atom. The molecule has 0 spiro atoms. The predicted octanol–water partition coefficient (Wildman–Crippen LogP) is 0.535. The molecule has 0 aliphatic heterocycles. The molecule has 0 fully saturated rings. The number of nitrogens with zero attached hydrogens (tertiary/aromatic N) is 1. The second-order valence-electron chi connectivity index (χ2n) is 3.72. The molecule has 0 saturated carbocycles. The van der Waals surface area contributed by atoms with E-state index >= 15 is 0 Å². The van der Waals surface area contributed by atoms with Crippen molar-refractivity contribution in [3.8, 4) is 5.75 Å². The maximum atomic E-state index is 11.7. The topological polar surface area (TPSA) is 114 Å². The molecule has 1 unspecified atom stereocenters. The van der Waals surface area contributed by atoms with Crippen molar-refractivity contribution in [3.63, 3.8) is 0 Å². The molecule has 2 aromatic rings. The van der Waals surface area contributed by atoms with Crippen LogP contribution in [-0.4, -0.2) is 33.0 Å². The van der Waals surface area contributed by atoms with Crippen molar-refractivity contribution in [2.75, 3.05) is 0 Å². The maximum Gasteiger partial charge on any atom is 0.328 e. The number of aromatic hydroxyl groups is 1. The Hall–Kier alpha value is -2.47. The lowest BCUT2D eigenvalue weighted by Gasteiger charge is -2.08. The van der Waals surface area contributed by atoms with Gasteiger partial charge in [-0.05, 0) is 0 Å². The molecule has 1 aromatic heterocycles. The number of benzene rings is 1. The normalized spacial score (nSPS) is 12.3. The molecule has 0 radical (unpaired) electrons. The predicted molar refractivity (Wildman–Crippen MR) is 63.3 cm³/mol. The zero-order chi connectivity index (χ0) is 13.3. The zero-order valence-corrected chi connectivity index (χ0v) is 9.20. The van der Waals surface area contributed by atoms with Crippen molar-refractivity contribution < 1.29 is 19.8 Å². The monoisotopic (exact) mass is 246 g/mol. The van der Waals surface area contributed by atoms with Gasteiger partial charge in [0.2, 0.25) is 5.78 Å². The molecule has 6 nitrogen and oxygen atoms in total. The number of carboxylic acids is 1. The van der Waals surface area contributed by atoms with Crippen LogP contribution in [0, 0.1) is 0 Å². The standard InChI is InChI=1S/C12H10N2O4/c13-8(12(17)18)11(16)9-10(15)7-4-2-1-3-6(7)5-14-9/h1-5,8,15H,13H2,(H,17,18). The van der Waals surface area contributed by atoms with Crippen LogP contribution in [0.1, 0.15) is 10.5 Å². The van der Waals surface area contributed by atoms with Gasteiger partial charge in [-0.3, -0.25) is 9.59 Å². The number of hydrogen-bond donors (Lipinski definition) is 3. The number of aliphatic carboxylic acids is 1. The van der Waals surface area contributed by atoms with Gasteiger partial charge in [0.1, 0.15) is 0 Å². The molecule has 0 bridgehead atoms. The smallest absolute Gasteiger partial charge is 0.328 e. The SMILES string of the molecule is NC(C(=O)O)C(=O)c1ncc2ccccc2c1O. The van der Waals surface area contributed by atoms with Crippen molar-refractivity contribution in [3.05, 3.63) is 36.2 Å². The number of aromatic nitrogens is 1. The molecule has 92 valence electrons. The Balaban J connectivity index is 2.56. The van der Waals surface area contributed by atoms with Crippen LogP contribution in [0.3, 0.4) is 0 Å². The Bertz CT molecular complexity index is 639. The summed E-state index contributed by atoms with van der Waals surface area (Å²) in [6, 6.07) is 5.04. The van der Waals surface area contributed by atoms with Crippen LogP contribution in [0.4, 0.5) is 0 Å². The highest BCUT2D eigenvalue weighted by Crippen LogP contribution is 2.27. The van der Waals surface area contributed by atoms with Gasteiger partial charge in [0.15, 0.2) is 17.5 Å². The van der Waals surface area contributed by atoms with Crippen molar-refractivity contribution >= 4 is 22.5 Å². The number of carbonyl (C=O) groups excluding carboxylic acids is 1. The fourth-order valence-corrected chi connectivity index (χ4v) is 1.59. The van der Waals surface area contributed by atoms with Gasteiger partial charge in [0, 0.05) is 17.0 Å². The third-order valence-electron chi connectivity index (χ3n) is 2.55. The summed E-state index contributed by atoms with van der Waals surface area (Å²) >= 11 is 0. The van der Waals surface area contributed by atoms with E-state index in [1.807, 2.05) is 0 Å². The molecule has 6 heteroatoms. The summed E-state index contributed by atoms with van der Waals surface area (Å²) in [7, 11) is 0. The highest BCUT2D eigenvalue weighted by molar-refractivity contribution is 6.13. The van der Waals surface area contributed by atoms with E-state index in [1.165, 1.54) is 6.20 Å². The molecular formula is C12H10N2O4. The molecule has 1 aromatic carbocycles. The summed E-state index contributed by atoms with van der Waals surface area (Å²) in [5.41, 5.74) is 4.87.